The minimum atomic E-state index is -4.41. The molecule has 2 aromatic carbocycles. The van der Waals surface area contributed by atoms with Crippen LogP contribution in [0.2, 0.25) is 0 Å². The van der Waals surface area contributed by atoms with Gasteiger partial charge in [-0.2, -0.15) is 8.42 Å². The minimum Gasteiger partial charge on any atom is -0.462 e. The number of nitrogens with zero attached hydrogens (tertiary/aromatic N) is 4. The number of fused-ring (bicyclic) bond motifs is 1. The molecular weight excluding hydrogens is 476 g/mol. The van der Waals surface area contributed by atoms with E-state index in [9.17, 15) is 28.1 Å². The lowest BCUT2D eigenvalue weighted by atomic mass is 9.88. The zero-order chi connectivity index (χ0) is 25.5. The molecule has 2 atom stereocenters. The summed E-state index contributed by atoms with van der Waals surface area (Å²) < 4.78 is 34.2. The molecule has 1 aliphatic heterocycles. The number of ether oxygens (including phenoxy) is 1. The monoisotopic (exact) mass is 498 g/mol. The van der Waals surface area contributed by atoms with E-state index in [2.05, 4.69) is 4.99 Å². The molecule has 182 valence electrons. The van der Waals surface area contributed by atoms with Crippen molar-refractivity contribution in [1.29, 1.82) is 0 Å². The van der Waals surface area contributed by atoms with E-state index in [4.69, 9.17) is 4.74 Å². The van der Waals surface area contributed by atoms with Crippen molar-refractivity contribution >= 4 is 33.2 Å². The number of aliphatic imine (C=N–C) groups is 1. The Morgan fingerprint density at radius 3 is 2.43 bits per heavy atom. The minimum absolute atomic E-state index is 0.00268. The van der Waals surface area contributed by atoms with Gasteiger partial charge >= 0.3 is 5.97 Å². The highest BCUT2D eigenvalue weighted by atomic mass is 32.2. The number of aromatic nitrogens is 2. The number of carbonyl (C=O) groups excluding carboxylic acids is 1. The molecule has 1 aliphatic rings. The number of rotatable bonds is 6. The van der Waals surface area contributed by atoms with Crippen LogP contribution < -0.4 is 5.56 Å². The molecule has 4 rings (SSSR count). The SMILES string of the molecule is CC1=Nc2cc(=O)n(S(=O)(=O)c3ccccc3)n2C(c2cccc([N+](=O)[O-])c2)C1C(=O)OC(C)C. The molecule has 0 bridgehead atoms. The number of non-ortho nitro benzene ring substituents is 1. The van der Waals surface area contributed by atoms with Crippen LogP contribution in [0.5, 0.6) is 0 Å². The van der Waals surface area contributed by atoms with E-state index in [0.29, 0.717) is 4.09 Å². The lowest BCUT2D eigenvalue weighted by Crippen LogP contribution is -2.42. The predicted octanol–water partition coefficient (Wildman–Crippen LogP) is 3.06. The lowest BCUT2D eigenvalue weighted by Gasteiger charge is -2.33. The normalized spacial score (nSPS) is 17.5. The first-order valence-electron chi connectivity index (χ1n) is 10.7. The topological polar surface area (TPSA) is 143 Å². The van der Waals surface area contributed by atoms with Crippen LogP contribution in [0.15, 0.2) is 75.3 Å². The summed E-state index contributed by atoms with van der Waals surface area (Å²) in [6, 6.07) is 12.7. The second kappa shape index (κ2) is 8.95. The average Bonchev–Trinajstić information content (AvgIpc) is 3.14. The van der Waals surface area contributed by atoms with E-state index in [1.807, 2.05) is 0 Å². The van der Waals surface area contributed by atoms with Gasteiger partial charge in [0.25, 0.3) is 21.3 Å². The van der Waals surface area contributed by atoms with E-state index in [0.717, 1.165) is 10.7 Å². The van der Waals surface area contributed by atoms with Gasteiger partial charge in [0, 0.05) is 17.8 Å². The van der Waals surface area contributed by atoms with Crippen LogP contribution >= 0.6 is 0 Å². The Kier molecular flexibility index (Phi) is 6.15. The fourth-order valence-electron chi connectivity index (χ4n) is 4.08. The summed E-state index contributed by atoms with van der Waals surface area (Å²) in [6.45, 7) is 4.88. The van der Waals surface area contributed by atoms with Gasteiger partial charge in [-0.1, -0.05) is 30.3 Å². The highest BCUT2D eigenvalue weighted by Crippen LogP contribution is 2.38. The molecule has 0 amide bonds. The standard InChI is InChI=1S/C23H22N4O7S/c1-14(2)34-23(29)21-15(3)24-19-13-20(28)26(35(32,33)18-10-5-4-6-11-18)25(19)22(21)16-8-7-9-17(12-16)27(30)31/h4-14,21-22H,1-3H3. The molecular formula is C23H22N4O7S. The first kappa shape index (κ1) is 24.1. The van der Waals surface area contributed by atoms with Crippen molar-refractivity contribution in [1.82, 2.24) is 8.77 Å². The van der Waals surface area contributed by atoms with Crippen LogP contribution in [-0.4, -0.2) is 39.9 Å². The molecule has 1 aromatic heterocycles. The fourth-order valence-corrected chi connectivity index (χ4v) is 5.48. The molecule has 0 N–H and O–H groups in total. The highest BCUT2D eigenvalue weighted by molar-refractivity contribution is 7.89. The zero-order valence-corrected chi connectivity index (χ0v) is 19.9. The first-order valence-corrected chi connectivity index (χ1v) is 12.1. The number of hydrogen-bond donors (Lipinski definition) is 0. The largest absolute Gasteiger partial charge is 0.462 e. The molecule has 2 heterocycles. The van der Waals surface area contributed by atoms with E-state index >= 15 is 0 Å². The fraction of sp³-hybridized carbons (Fsp3) is 0.261. The van der Waals surface area contributed by atoms with Crippen molar-refractivity contribution in [3.05, 3.63) is 86.7 Å². The summed E-state index contributed by atoms with van der Waals surface area (Å²) in [5, 5.41) is 11.5. The van der Waals surface area contributed by atoms with Crippen LogP contribution in [0.25, 0.3) is 0 Å². The maximum Gasteiger partial charge on any atom is 0.317 e. The Labute approximate surface area is 200 Å². The van der Waals surface area contributed by atoms with Crippen molar-refractivity contribution < 1.29 is 22.9 Å². The summed E-state index contributed by atoms with van der Waals surface area (Å²) in [5.74, 6) is -1.85. The van der Waals surface area contributed by atoms with Gasteiger partial charge in [-0.05, 0) is 38.5 Å². The van der Waals surface area contributed by atoms with Crippen LogP contribution in [0.1, 0.15) is 32.4 Å². The number of carbonyl (C=O) groups is 1. The first-order chi connectivity index (χ1) is 16.5. The molecule has 12 heteroatoms. The summed E-state index contributed by atoms with van der Waals surface area (Å²) >= 11 is 0. The number of esters is 1. The number of benzene rings is 2. The summed E-state index contributed by atoms with van der Waals surface area (Å²) in [4.78, 5) is 41.2. The Hall–Kier alpha value is -4.06. The third kappa shape index (κ3) is 4.28. The average molecular weight is 499 g/mol. The van der Waals surface area contributed by atoms with Gasteiger partial charge in [0.15, 0.2) is 5.82 Å². The second-order valence-electron chi connectivity index (χ2n) is 8.26. The highest BCUT2D eigenvalue weighted by Gasteiger charge is 2.43. The van der Waals surface area contributed by atoms with Crippen molar-refractivity contribution in [3.63, 3.8) is 0 Å². The van der Waals surface area contributed by atoms with Crippen molar-refractivity contribution in [3.8, 4) is 0 Å². The van der Waals surface area contributed by atoms with E-state index in [-0.39, 0.29) is 27.7 Å². The maximum atomic E-state index is 13.5. The van der Waals surface area contributed by atoms with Gasteiger partial charge in [0.05, 0.1) is 28.0 Å². The molecule has 11 nitrogen and oxygen atoms in total. The second-order valence-corrected chi connectivity index (χ2v) is 10.0. The Morgan fingerprint density at radius 2 is 1.80 bits per heavy atom. The molecule has 3 aromatic rings. The van der Waals surface area contributed by atoms with E-state index < -0.39 is 44.5 Å². The van der Waals surface area contributed by atoms with Crippen molar-refractivity contribution in [2.45, 2.75) is 37.8 Å². The van der Waals surface area contributed by atoms with Gasteiger partial charge in [0.1, 0.15) is 5.92 Å². The molecule has 2 unspecified atom stereocenters. The summed E-state index contributed by atoms with van der Waals surface area (Å²) in [5.41, 5.74) is -0.615. The molecule has 0 fully saturated rings. The molecule has 0 saturated carbocycles. The molecule has 0 saturated heterocycles. The van der Waals surface area contributed by atoms with Gasteiger partial charge in [-0.25, -0.2) is 9.67 Å². The van der Waals surface area contributed by atoms with Gasteiger partial charge < -0.3 is 4.74 Å². The van der Waals surface area contributed by atoms with Crippen LogP contribution in [0.4, 0.5) is 11.5 Å². The van der Waals surface area contributed by atoms with Crippen molar-refractivity contribution in [2.75, 3.05) is 0 Å². The van der Waals surface area contributed by atoms with Crippen LogP contribution in [-0.2, 0) is 19.6 Å². The van der Waals surface area contributed by atoms with Gasteiger partial charge in [-0.3, -0.25) is 19.7 Å². The predicted molar refractivity (Wildman–Crippen MR) is 126 cm³/mol. The third-order valence-electron chi connectivity index (χ3n) is 5.49. The molecule has 0 radical (unpaired) electrons. The number of nitro groups is 1. The number of hydrogen-bond acceptors (Lipinski definition) is 8. The van der Waals surface area contributed by atoms with Crippen LogP contribution in [0.3, 0.4) is 0 Å². The molecule has 35 heavy (non-hydrogen) atoms. The Bertz CT molecular complexity index is 1500. The van der Waals surface area contributed by atoms with E-state index in [1.165, 1.54) is 48.5 Å². The van der Waals surface area contributed by atoms with Crippen LogP contribution in [0, 0.1) is 16.0 Å². The Morgan fingerprint density at radius 1 is 1.11 bits per heavy atom. The lowest BCUT2D eigenvalue weighted by molar-refractivity contribution is -0.384. The molecule has 0 aliphatic carbocycles. The quantitative estimate of drug-likeness (QED) is 0.289. The summed E-state index contributed by atoms with van der Waals surface area (Å²) in [7, 11) is -4.41. The van der Waals surface area contributed by atoms with Crippen molar-refractivity contribution in [2.24, 2.45) is 10.9 Å². The number of nitro benzene ring substituents is 1. The van der Waals surface area contributed by atoms with Gasteiger partial charge in [-0.15, -0.1) is 4.09 Å². The summed E-state index contributed by atoms with van der Waals surface area (Å²) in [6.07, 6.45) is -0.484. The third-order valence-corrected chi connectivity index (χ3v) is 7.17. The van der Waals surface area contributed by atoms with Gasteiger partial charge in [0.2, 0.25) is 0 Å². The Balaban J connectivity index is 2.03. The molecule has 0 spiro atoms. The smallest absolute Gasteiger partial charge is 0.317 e. The zero-order valence-electron chi connectivity index (χ0n) is 19.1. The van der Waals surface area contributed by atoms with E-state index in [1.54, 1.807) is 26.8 Å². The maximum absolute atomic E-state index is 13.5.